The molecule has 0 aromatic heterocycles. The van der Waals surface area contributed by atoms with Gasteiger partial charge in [0.2, 0.25) is 0 Å². The lowest BCUT2D eigenvalue weighted by atomic mass is 11.2. The van der Waals surface area contributed by atoms with Crippen LogP contribution in [0, 0.1) is 0 Å². The van der Waals surface area contributed by atoms with Gasteiger partial charge in [-0.1, -0.05) is 0 Å². The number of hydrogen-bond donors (Lipinski definition) is 6. The molecule has 0 fully saturated rings. The first kappa shape index (κ1) is 8.94. The minimum atomic E-state index is -5.04. The Labute approximate surface area is 50.5 Å². The van der Waals surface area contributed by atoms with Crippen molar-refractivity contribution in [2.75, 3.05) is 0 Å². The number of rotatable bonds is 2. The molecule has 0 atom stereocenters. The van der Waals surface area contributed by atoms with Crippen LogP contribution in [0.2, 0.25) is 0 Å². The molecule has 7 nitrogen and oxygen atoms in total. The lowest BCUT2D eigenvalue weighted by Gasteiger charge is -2.17. The van der Waals surface area contributed by atoms with Crippen LogP contribution in [-0.2, 0) is 4.43 Å². The van der Waals surface area contributed by atoms with Crippen LogP contribution in [0.5, 0.6) is 0 Å². The molecule has 0 aliphatic heterocycles. The Bertz CT molecular complexity index is 74.1. The third kappa shape index (κ3) is 7.94. The smallest absolute Gasteiger partial charge is 0.367 e. The van der Waals surface area contributed by atoms with Crippen LogP contribution in [0.3, 0.4) is 0 Å². The molecule has 0 aromatic rings. The van der Waals surface area contributed by atoms with Gasteiger partial charge in [-0.15, -0.1) is 0 Å². The fourth-order valence-corrected chi connectivity index (χ4v) is 0.551. The summed E-state index contributed by atoms with van der Waals surface area (Å²) in [5.41, 5.74) is 0. The maximum absolute atomic E-state index is 7.90. The summed E-state index contributed by atoms with van der Waals surface area (Å²) >= 11 is 0. The average molecular weight is 158 g/mol. The van der Waals surface area contributed by atoms with Crippen LogP contribution in [0.25, 0.3) is 0 Å². The fraction of sp³-hybridized carbons (Fsp3) is 1.00. The van der Waals surface area contributed by atoms with Crippen molar-refractivity contribution in [1.29, 1.82) is 0 Å². The summed E-state index contributed by atoms with van der Waals surface area (Å²) in [5.74, 6) is 0. The summed E-state index contributed by atoms with van der Waals surface area (Å²) < 4.78 is 3.10. The van der Waals surface area contributed by atoms with Gasteiger partial charge in [0.25, 0.3) is 0 Å². The number of hydrogen-bond acceptors (Lipinski definition) is 7. The highest BCUT2D eigenvalue weighted by atomic mass is 28.4. The SMILES string of the molecule is OC(O)(O)O[Si](O)(O)O. The van der Waals surface area contributed by atoms with E-state index >= 15 is 0 Å². The van der Waals surface area contributed by atoms with Gasteiger partial charge in [0.05, 0.1) is 0 Å². The van der Waals surface area contributed by atoms with Gasteiger partial charge in [-0.25, -0.2) is 0 Å². The first-order valence-corrected chi connectivity index (χ1v) is 3.50. The van der Waals surface area contributed by atoms with Crippen molar-refractivity contribution in [1.82, 2.24) is 0 Å². The molecule has 0 heterocycles. The van der Waals surface area contributed by atoms with Crippen LogP contribution in [0.15, 0.2) is 0 Å². The molecule has 0 saturated heterocycles. The second-order valence-electron chi connectivity index (χ2n) is 1.25. The summed E-state index contributed by atoms with van der Waals surface area (Å²) in [6.45, 7) is 0. The van der Waals surface area contributed by atoms with Crippen molar-refractivity contribution in [2.24, 2.45) is 0 Å². The first-order chi connectivity index (χ1) is 3.71. The van der Waals surface area contributed by atoms with Gasteiger partial charge in [0, 0.05) is 0 Å². The summed E-state index contributed by atoms with van der Waals surface area (Å²) in [5, 5.41) is 23.4. The highest BCUT2D eigenvalue weighted by Crippen LogP contribution is 2.00. The molecule has 0 radical (unpaired) electrons. The van der Waals surface area contributed by atoms with Gasteiger partial charge in [-0.3, -0.25) is 4.43 Å². The molecular formula is CH6O7Si. The van der Waals surface area contributed by atoms with Gasteiger partial charge >= 0.3 is 15.2 Å². The zero-order valence-corrected chi connectivity index (χ0v) is 5.09. The zero-order valence-electron chi connectivity index (χ0n) is 4.09. The molecular weight excluding hydrogens is 152 g/mol. The van der Waals surface area contributed by atoms with E-state index in [1.54, 1.807) is 0 Å². The third-order valence-corrected chi connectivity index (χ3v) is 0.822. The van der Waals surface area contributed by atoms with Crippen molar-refractivity contribution in [2.45, 2.75) is 6.16 Å². The Morgan fingerprint density at radius 1 is 1.00 bits per heavy atom. The Morgan fingerprint density at radius 3 is 1.33 bits per heavy atom. The molecule has 0 aromatic carbocycles. The van der Waals surface area contributed by atoms with E-state index in [9.17, 15) is 0 Å². The van der Waals surface area contributed by atoms with E-state index in [1.807, 2.05) is 0 Å². The highest BCUT2D eigenvalue weighted by molar-refractivity contribution is 6.48. The van der Waals surface area contributed by atoms with Crippen LogP contribution < -0.4 is 0 Å². The fourth-order valence-electron chi connectivity index (χ4n) is 0.184. The molecule has 56 valence electrons. The standard InChI is InChI=1S/CH6O7Si/c2-1(3,4)8-9(5,6)7/h2-7H. The topological polar surface area (TPSA) is 131 Å². The van der Waals surface area contributed by atoms with E-state index < -0.39 is 15.2 Å². The summed E-state index contributed by atoms with van der Waals surface area (Å²) in [6.07, 6.45) is -3.70. The molecule has 0 saturated carbocycles. The molecule has 0 aliphatic carbocycles. The van der Waals surface area contributed by atoms with Crippen molar-refractivity contribution >= 4 is 9.05 Å². The normalized spacial score (nSPS) is 14.0. The summed E-state index contributed by atoms with van der Waals surface area (Å²) in [7, 11) is -5.04. The summed E-state index contributed by atoms with van der Waals surface area (Å²) in [6, 6.07) is 0. The monoisotopic (exact) mass is 158 g/mol. The molecule has 0 bridgehead atoms. The lowest BCUT2D eigenvalue weighted by Crippen LogP contribution is -2.49. The van der Waals surface area contributed by atoms with Crippen LogP contribution >= 0.6 is 0 Å². The highest BCUT2D eigenvalue weighted by Gasteiger charge is 2.40. The van der Waals surface area contributed by atoms with Crippen LogP contribution in [-0.4, -0.2) is 44.9 Å². The Morgan fingerprint density at radius 2 is 1.33 bits per heavy atom. The van der Waals surface area contributed by atoms with Crippen molar-refractivity contribution in [3.05, 3.63) is 0 Å². The molecule has 0 aliphatic rings. The second-order valence-corrected chi connectivity index (χ2v) is 2.60. The summed E-state index contributed by atoms with van der Waals surface area (Å²) in [4.78, 5) is 23.7. The average Bonchev–Trinajstić information content (AvgIpc) is 1.14. The maximum Gasteiger partial charge on any atom is 0.677 e. The molecule has 0 unspecified atom stereocenters. The largest absolute Gasteiger partial charge is 0.677 e. The van der Waals surface area contributed by atoms with Crippen molar-refractivity contribution in [3.63, 3.8) is 0 Å². The van der Waals surface area contributed by atoms with E-state index in [2.05, 4.69) is 4.43 Å². The predicted molar refractivity (Wildman–Crippen MR) is 22.9 cm³/mol. The van der Waals surface area contributed by atoms with E-state index in [-0.39, 0.29) is 0 Å². The molecule has 8 heteroatoms. The molecule has 0 amide bonds. The van der Waals surface area contributed by atoms with Gasteiger partial charge in [-0.05, 0) is 0 Å². The van der Waals surface area contributed by atoms with Crippen molar-refractivity contribution in [3.8, 4) is 0 Å². The van der Waals surface area contributed by atoms with E-state index in [0.29, 0.717) is 0 Å². The number of aliphatic hydroxyl groups is 3. The first-order valence-electron chi connectivity index (χ1n) is 1.75. The predicted octanol–water partition coefficient (Wildman–Crippen LogP) is -4.00. The quantitative estimate of drug-likeness (QED) is 0.178. The van der Waals surface area contributed by atoms with Gasteiger partial charge in [0.15, 0.2) is 0 Å². The molecule has 6 N–H and O–H groups in total. The molecule has 0 spiro atoms. The zero-order chi connectivity index (χ0) is 7.71. The Balaban J connectivity index is 3.75. The third-order valence-electron chi connectivity index (χ3n) is 0.274. The molecule has 9 heavy (non-hydrogen) atoms. The van der Waals surface area contributed by atoms with Gasteiger partial charge in [-0.2, -0.15) is 0 Å². The van der Waals surface area contributed by atoms with Crippen LogP contribution in [0.1, 0.15) is 0 Å². The van der Waals surface area contributed by atoms with E-state index in [1.165, 1.54) is 0 Å². The Kier molecular flexibility index (Phi) is 2.27. The maximum atomic E-state index is 7.90. The van der Waals surface area contributed by atoms with Gasteiger partial charge in [0.1, 0.15) is 0 Å². The minimum Gasteiger partial charge on any atom is -0.367 e. The van der Waals surface area contributed by atoms with Crippen LogP contribution in [0.4, 0.5) is 0 Å². The lowest BCUT2D eigenvalue weighted by molar-refractivity contribution is -0.436. The minimum absolute atomic E-state index is 3.10. The Hall–Kier alpha value is -0.0631. The molecule has 0 rings (SSSR count). The van der Waals surface area contributed by atoms with E-state index in [0.717, 1.165) is 0 Å². The van der Waals surface area contributed by atoms with Crippen molar-refractivity contribution < 1.29 is 34.1 Å². The second kappa shape index (κ2) is 2.28. The van der Waals surface area contributed by atoms with Gasteiger partial charge < -0.3 is 29.7 Å². The van der Waals surface area contributed by atoms with E-state index in [4.69, 9.17) is 29.7 Å².